The lowest BCUT2D eigenvalue weighted by atomic mass is 10.1. The minimum absolute atomic E-state index is 0. The Labute approximate surface area is 180 Å². The number of aromatic nitrogens is 2. The number of hydrogen-bond donors (Lipinski definition) is 2. The number of nitrogens with one attached hydrogen (secondary N) is 2. The standard InChI is InChI=1S/C21H20ClN5O.ClH/c22-17-5-1-15(2-6-17)19-9-10-24-21(26-19)25-18-7-3-16(4-8-18)20(28)27-13-11-23-12-14-27;/h1-10,23H,11-14H2,(H,24,25,26);1H. The first-order valence-electron chi connectivity index (χ1n) is 9.15. The van der Waals surface area contributed by atoms with Crippen LogP contribution in [0.15, 0.2) is 60.8 Å². The van der Waals surface area contributed by atoms with E-state index < -0.39 is 0 Å². The lowest BCUT2D eigenvalue weighted by molar-refractivity contribution is 0.0736. The van der Waals surface area contributed by atoms with Gasteiger partial charge in [-0.05, 0) is 42.5 Å². The highest BCUT2D eigenvalue weighted by molar-refractivity contribution is 6.30. The molecule has 0 unspecified atom stereocenters. The van der Waals surface area contributed by atoms with Gasteiger partial charge in [0.1, 0.15) is 0 Å². The number of nitrogens with zero attached hydrogens (tertiary/aromatic N) is 3. The Balaban J connectivity index is 0.00000240. The molecule has 1 saturated heterocycles. The molecule has 0 spiro atoms. The Bertz CT molecular complexity index is 958. The van der Waals surface area contributed by atoms with Crippen molar-refractivity contribution in [1.29, 1.82) is 0 Å². The zero-order valence-electron chi connectivity index (χ0n) is 15.6. The molecular formula is C21H21Cl2N5O. The van der Waals surface area contributed by atoms with Gasteiger partial charge in [0.2, 0.25) is 5.95 Å². The van der Waals surface area contributed by atoms with Gasteiger partial charge in [-0.25, -0.2) is 9.97 Å². The molecule has 2 N–H and O–H groups in total. The number of rotatable bonds is 4. The summed E-state index contributed by atoms with van der Waals surface area (Å²) in [5.74, 6) is 0.558. The summed E-state index contributed by atoms with van der Waals surface area (Å²) in [5.41, 5.74) is 3.28. The second-order valence-corrected chi connectivity index (χ2v) is 6.95. The summed E-state index contributed by atoms with van der Waals surface area (Å²) in [5, 5.41) is 7.13. The van der Waals surface area contributed by atoms with Crippen LogP contribution in [0.3, 0.4) is 0 Å². The second-order valence-electron chi connectivity index (χ2n) is 6.52. The molecule has 1 amide bonds. The smallest absolute Gasteiger partial charge is 0.253 e. The maximum atomic E-state index is 12.5. The Morgan fingerprint density at radius 2 is 1.69 bits per heavy atom. The molecule has 2 aromatic carbocycles. The summed E-state index contributed by atoms with van der Waals surface area (Å²) in [7, 11) is 0. The topological polar surface area (TPSA) is 70.2 Å². The van der Waals surface area contributed by atoms with Crippen molar-refractivity contribution in [3.8, 4) is 11.3 Å². The summed E-state index contributed by atoms with van der Waals surface area (Å²) in [6.07, 6.45) is 1.71. The second kappa shape index (κ2) is 9.69. The van der Waals surface area contributed by atoms with E-state index in [1.54, 1.807) is 6.20 Å². The van der Waals surface area contributed by atoms with Crippen molar-refractivity contribution in [2.45, 2.75) is 0 Å². The Morgan fingerprint density at radius 1 is 1.00 bits per heavy atom. The van der Waals surface area contributed by atoms with Crippen LogP contribution in [0.1, 0.15) is 10.4 Å². The molecule has 0 atom stereocenters. The molecule has 1 aromatic heterocycles. The molecular weight excluding hydrogens is 409 g/mol. The van der Waals surface area contributed by atoms with Gasteiger partial charge in [-0.3, -0.25) is 4.79 Å². The largest absolute Gasteiger partial charge is 0.336 e. The van der Waals surface area contributed by atoms with Crippen LogP contribution in [0, 0.1) is 0 Å². The van der Waals surface area contributed by atoms with Gasteiger partial charge >= 0.3 is 0 Å². The third kappa shape index (κ3) is 5.23. The highest BCUT2D eigenvalue weighted by Crippen LogP contribution is 2.21. The number of halogens is 2. The number of amides is 1. The fourth-order valence-electron chi connectivity index (χ4n) is 3.08. The van der Waals surface area contributed by atoms with E-state index in [4.69, 9.17) is 11.6 Å². The number of anilines is 2. The van der Waals surface area contributed by atoms with Gasteiger partial charge in [-0.1, -0.05) is 23.7 Å². The first kappa shape index (κ1) is 21.0. The van der Waals surface area contributed by atoms with Crippen LogP contribution in [-0.2, 0) is 0 Å². The highest BCUT2D eigenvalue weighted by Gasteiger charge is 2.17. The summed E-state index contributed by atoms with van der Waals surface area (Å²) >= 11 is 5.95. The minimum atomic E-state index is 0. The molecule has 8 heteroatoms. The van der Waals surface area contributed by atoms with Gasteiger partial charge in [0.15, 0.2) is 0 Å². The molecule has 1 fully saturated rings. The summed E-state index contributed by atoms with van der Waals surface area (Å²) in [6, 6.07) is 16.8. The van der Waals surface area contributed by atoms with E-state index in [0.717, 1.165) is 43.1 Å². The third-order valence-corrected chi connectivity index (χ3v) is 4.84. The maximum Gasteiger partial charge on any atom is 0.253 e. The molecule has 0 saturated carbocycles. The van der Waals surface area contributed by atoms with Crippen LogP contribution in [0.4, 0.5) is 11.6 Å². The van der Waals surface area contributed by atoms with E-state index in [1.165, 1.54) is 0 Å². The monoisotopic (exact) mass is 429 g/mol. The quantitative estimate of drug-likeness (QED) is 0.655. The Kier molecular flexibility index (Phi) is 7.04. The summed E-state index contributed by atoms with van der Waals surface area (Å²) in [4.78, 5) is 23.2. The molecule has 6 nitrogen and oxygen atoms in total. The highest BCUT2D eigenvalue weighted by atomic mass is 35.5. The van der Waals surface area contributed by atoms with Crippen LogP contribution < -0.4 is 10.6 Å². The number of hydrogen-bond acceptors (Lipinski definition) is 5. The lowest BCUT2D eigenvalue weighted by Crippen LogP contribution is -2.46. The van der Waals surface area contributed by atoms with Crippen molar-refractivity contribution in [3.05, 3.63) is 71.4 Å². The van der Waals surface area contributed by atoms with E-state index in [-0.39, 0.29) is 18.3 Å². The molecule has 1 aliphatic rings. The summed E-state index contributed by atoms with van der Waals surface area (Å²) in [6.45, 7) is 3.16. The van der Waals surface area contributed by atoms with Gasteiger partial charge in [-0.15, -0.1) is 12.4 Å². The normalized spacial score (nSPS) is 13.5. The van der Waals surface area contributed by atoms with Crippen LogP contribution >= 0.6 is 24.0 Å². The van der Waals surface area contributed by atoms with Crippen molar-refractivity contribution in [2.24, 2.45) is 0 Å². The van der Waals surface area contributed by atoms with Crippen LogP contribution in [0.25, 0.3) is 11.3 Å². The molecule has 4 rings (SSSR count). The van der Waals surface area contributed by atoms with Gasteiger partial charge in [-0.2, -0.15) is 0 Å². The van der Waals surface area contributed by atoms with Crippen LogP contribution in [0.5, 0.6) is 0 Å². The fourth-order valence-corrected chi connectivity index (χ4v) is 3.20. The van der Waals surface area contributed by atoms with Gasteiger partial charge in [0, 0.05) is 54.2 Å². The van der Waals surface area contributed by atoms with E-state index in [0.29, 0.717) is 16.5 Å². The summed E-state index contributed by atoms with van der Waals surface area (Å²) < 4.78 is 0. The molecule has 0 bridgehead atoms. The average Bonchev–Trinajstić information content (AvgIpc) is 2.75. The number of carbonyl (C=O) groups excluding carboxylic acids is 1. The van der Waals surface area contributed by atoms with Crippen molar-refractivity contribution < 1.29 is 4.79 Å². The van der Waals surface area contributed by atoms with Crippen molar-refractivity contribution in [1.82, 2.24) is 20.2 Å². The number of benzene rings is 2. The zero-order valence-corrected chi connectivity index (χ0v) is 17.2. The van der Waals surface area contributed by atoms with Gasteiger partial charge < -0.3 is 15.5 Å². The van der Waals surface area contributed by atoms with Crippen molar-refractivity contribution in [2.75, 3.05) is 31.5 Å². The van der Waals surface area contributed by atoms with Gasteiger partial charge in [0.05, 0.1) is 5.69 Å². The molecule has 0 radical (unpaired) electrons. The average molecular weight is 430 g/mol. The molecule has 1 aliphatic heterocycles. The number of carbonyl (C=O) groups is 1. The van der Waals surface area contributed by atoms with E-state index >= 15 is 0 Å². The van der Waals surface area contributed by atoms with Crippen molar-refractivity contribution in [3.63, 3.8) is 0 Å². The SMILES string of the molecule is Cl.O=C(c1ccc(Nc2nccc(-c3ccc(Cl)cc3)n2)cc1)N1CCNCC1. The van der Waals surface area contributed by atoms with Crippen molar-refractivity contribution >= 4 is 41.6 Å². The predicted molar refractivity (Wildman–Crippen MR) is 118 cm³/mol. The number of piperazine rings is 1. The fraction of sp³-hybridized carbons (Fsp3) is 0.190. The van der Waals surface area contributed by atoms with Crippen LogP contribution in [0.2, 0.25) is 5.02 Å². The predicted octanol–water partition coefficient (Wildman–Crippen LogP) is 4.01. The van der Waals surface area contributed by atoms with E-state index in [1.807, 2.05) is 59.5 Å². The molecule has 3 aromatic rings. The maximum absolute atomic E-state index is 12.5. The third-order valence-electron chi connectivity index (χ3n) is 4.59. The van der Waals surface area contributed by atoms with E-state index in [9.17, 15) is 4.79 Å². The first-order chi connectivity index (χ1) is 13.7. The van der Waals surface area contributed by atoms with Gasteiger partial charge in [0.25, 0.3) is 5.91 Å². The molecule has 29 heavy (non-hydrogen) atoms. The Hall–Kier alpha value is -2.67. The zero-order chi connectivity index (χ0) is 19.3. The Morgan fingerprint density at radius 3 is 2.38 bits per heavy atom. The molecule has 0 aliphatic carbocycles. The lowest BCUT2D eigenvalue weighted by Gasteiger charge is -2.27. The van der Waals surface area contributed by atoms with E-state index in [2.05, 4.69) is 20.6 Å². The first-order valence-corrected chi connectivity index (χ1v) is 9.53. The molecule has 2 heterocycles. The van der Waals surface area contributed by atoms with Crippen LogP contribution in [-0.4, -0.2) is 47.0 Å². The molecule has 150 valence electrons. The minimum Gasteiger partial charge on any atom is -0.336 e.